The Hall–Kier alpha value is -2.04. The molecule has 1 aliphatic heterocycles. The monoisotopic (exact) mass is 343 g/mol. The molecule has 5 nitrogen and oxygen atoms in total. The van der Waals surface area contributed by atoms with E-state index in [0.717, 1.165) is 5.56 Å². The number of anilines is 1. The molecule has 2 N–H and O–H groups in total. The summed E-state index contributed by atoms with van der Waals surface area (Å²) in [6, 6.07) is 9.14. The third-order valence-corrected chi connectivity index (χ3v) is 5.57. The fourth-order valence-corrected chi connectivity index (χ4v) is 3.82. The zero-order valence-electron chi connectivity index (χ0n) is 15.1. The molecular weight excluding hydrogens is 314 g/mol. The molecule has 0 aromatic heterocycles. The molecular formula is C20H29N3O2. The second-order valence-electron chi connectivity index (χ2n) is 7.33. The van der Waals surface area contributed by atoms with Crippen LogP contribution in [0.2, 0.25) is 0 Å². The summed E-state index contributed by atoms with van der Waals surface area (Å²) < 4.78 is 0. The molecule has 1 aromatic rings. The van der Waals surface area contributed by atoms with Gasteiger partial charge >= 0.3 is 0 Å². The third kappa shape index (κ3) is 4.74. The van der Waals surface area contributed by atoms with Gasteiger partial charge in [-0.25, -0.2) is 0 Å². The van der Waals surface area contributed by atoms with Gasteiger partial charge in [0.25, 0.3) is 0 Å². The molecule has 1 saturated carbocycles. The molecule has 1 atom stereocenters. The lowest BCUT2D eigenvalue weighted by atomic mass is 9.94. The first-order valence-corrected chi connectivity index (χ1v) is 9.49. The van der Waals surface area contributed by atoms with Gasteiger partial charge in [0, 0.05) is 38.3 Å². The van der Waals surface area contributed by atoms with E-state index in [0.29, 0.717) is 32.0 Å². The van der Waals surface area contributed by atoms with Crippen LogP contribution >= 0.6 is 0 Å². The molecule has 0 bridgehead atoms. The van der Waals surface area contributed by atoms with Crippen LogP contribution in [0, 0.1) is 5.92 Å². The van der Waals surface area contributed by atoms with Crippen molar-refractivity contribution in [2.45, 2.75) is 57.5 Å². The van der Waals surface area contributed by atoms with Crippen molar-refractivity contribution < 1.29 is 9.59 Å². The molecule has 2 fully saturated rings. The minimum absolute atomic E-state index is 0.0309. The van der Waals surface area contributed by atoms with E-state index in [1.807, 2.05) is 0 Å². The minimum atomic E-state index is -0.102. The predicted octanol–water partition coefficient (Wildman–Crippen LogP) is 2.60. The van der Waals surface area contributed by atoms with Crippen molar-refractivity contribution in [1.82, 2.24) is 10.6 Å². The highest BCUT2D eigenvalue weighted by atomic mass is 16.2. The van der Waals surface area contributed by atoms with Gasteiger partial charge in [-0.2, -0.15) is 0 Å². The van der Waals surface area contributed by atoms with Gasteiger partial charge in [-0.05, 0) is 37.0 Å². The normalized spacial score (nSPS) is 21.5. The summed E-state index contributed by atoms with van der Waals surface area (Å²) in [6.45, 7) is 0.993. The Labute approximate surface area is 150 Å². The lowest BCUT2D eigenvalue weighted by molar-refractivity contribution is -0.129. The van der Waals surface area contributed by atoms with Crippen LogP contribution in [-0.2, 0) is 16.1 Å². The molecule has 136 valence electrons. The molecule has 0 spiro atoms. The second kappa shape index (κ2) is 8.37. The zero-order chi connectivity index (χ0) is 17.6. The van der Waals surface area contributed by atoms with E-state index in [1.165, 1.54) is 37.8 Å². The molecule has 1 heterocycles. The van der Waals surface area contributed by atoms with Gasteiger partial charge in [-0.15, -0.1) is 0 Å². The molecule has 2 aliphatic rings. The highest BCUT2D eigenvalue weighted by Gasteiger charge is 2.24. The van der Waals surface area contributed by atoms with Crippen LogP contribution in [0.15, 0.2) is 24.3 Å². The Morgan fingerprint density at radius 3 is 2.52 bits per heavy atom. The molecule has 1 aliphatic carbocycles. The molecule has 0 radical (unpaired) electrons. The van der Waals surface area contributed by atoms with E-state index in [2.05, 4.69) is 46.8 Å². The summed E-state index contributed by atoms with van der Waals surface area (Å²) in [7, 11) is 2.18. The van der Waals surface area contributed by atoms with Crippen LogP contribution < -0.4 is 15.5 Å². The van der Waals surface area contributed by atoms with Crippen molar-refractivity contribution in [1.29, 1.82) is 0 Å². The van der Waals surface area contributed by atoms with E-state index < -0.39 is 0 Å². The van der Waals surface area contributed by atoms with Crippen molar-refractivity contribution in [2.75, 3.05) is 18.5 Å². The summed E-state index contributed by atoms with van der Waals surface area (Å²) in [6.07, 6.45) is 7.69. The first kappa shape index (κ1) is 17.8. The largest absolute Gasteiger partial charge is 0.372 e. The third-order valence-electron chi connectivity index (χ3n) is 5.57. The number of benzene rings is 1. The number of carbonyl (C=O) groups is 2. The zero-order valence-corrected chi connectivity index (χ0v) is 15.1. The van der Waals surface area contributed by atoms with Gasteiger partial charge < -0.3 is 15.5 Å². The second-order valence-corrected chi connectivity index (χ2v) is 7.33. The number of hydrogen-bond acceptors (Lipinski definition) is 3. The quantitative estimate of drug-likeness (QED) is 0.864. The van der Waals surface area contributed by atoms with Crippen molar-refractivity contribution in [2.24, 2.45) is 5.92 Å². The Kier molecular flexibility index (Phi) is 5.95. The standard InChI is InChI=1S/C20H29N3O2/c1-23(17-5-3-2-4-6-17)18-10-7-15(8-11-18)13-22-20(25)16-9-12-19(24)21-14-16/h7-8,10-11,16-17H,2-6,9,12-14H2,1H3,(H,21,24)(H,22,25)/t16-/m0/s1. The van der Waals surface area contributed by atoms with Crippen LogP contribution in [0.25, 0.3) is 0 Å². The van der Waals surface area contributed by atoms with E-state index in [9.17, 15) is 9.59 Å². The summed E-state index contributed by atoms with van der Waals surface area (Å²) in [5.74, 6) is -0.0282. The highest BCUT2D eigenvalue weighted by Crippen LogP contribution is 2.26. The number of rotatable bonds is 5. The SMILES string of the molecule is CN(c1ccc(CNC(=O)[C@H]2CCC(=O)NC2)cc1)C1CCCCC1. The number of hydrogen-bond donors (Lipinski definition) is 2. The first-order valence-electron chi connectivity index (χ1n) is 9.49. The first-order chi connectivity index (χ1) is 12.1. The molecule has 0 unspecified atom stereocenters. The Balaban J connectivity index is 1.48. The van der Waals surface area contributed by atoms with Crippen LogP contribution in [0.1, 0.15) is 50.5 Å². The Morgan fingerprint density at radius 2 is 1.88 bits per heavy atom. The van der Waals surface area contributed by atoms with E-state index in [1.54, 1.807) is 0 Å². The Morgan fingerprint density at radius 1 is 1.16 bits per heavy atom. The average Bonchev–Trinajstić information content (AvgIpc) is 2.67. The van der Waals surface area contributed by atoms with Crippen LogP contribution in [0.3, 0.4) is 0 Å². The van der Waals surface area contributed by atoms with E-state index >= 15 is 0 Å². The van der Waals surface area contributed by atoms with Gasteiger partial charge in [0.05, 0.1) is 5.92 Å². The summed E-state index contributed by atoms with van der Waals surface area (Å²) in [5.41, 5.74) is 2.35. The lowest BCUT2D eigenvalue weighted by Gasteiger charge is -2.33. The summed E-state index contributed by atoms with van der Waals surface area (Å²) in [4.78, 5) is 25.7. The number of piperidine rings is 1. The average molecular weight is 343 g/mol. The number of nitrogens with zero attached hydrogens (tertiary/aromatic N) is 1. The predicted molar refractivity (Wildman–Crippen MR) is 99.3 cm³/mol. The van der Waals surface area contributed by atoms with Gasteiger partial charge in [-0.1, -0.05) is 31.4 Å². The Bertz CT molecular complexity index is 583. The van der Waals surface area contributed by atoms with Crippen LogP contribution in [0.5, 0.6) is 0 Å². The lowest BCUT2D eigenvalue weighted by Crippen LogP contribution is -2.42. The smallest absolute Gasteiger partial charge is 0.225 e. The van der Waals surface area contributed by atoms with Crippen LogP contribution in [0.4, 0.5) is 5.69 Å². The fraction of sp³-hybridized carbons (Fsp3) is 0.600. The molecule has 1 aromatic carbocycles. The maximum Gasteiger partial charge on any atom is 0.225 e. The number of amides is 2. The minimum Gasteiger partial charge on any atom is -0.372 e. The number of carbonyl (C=O) groups excluding carboxylic acids is 2. The summed E-state index contributed by atoms with van der Waals surface area (Å²) >= 11 is 0. The van der Waals surface area contributed by atoms with E-state index in [4.69, 9.17) is 0 Å². The van der Waals surface area contributed by atoms with Crippen LogP contribution in [-0.4, -0.2) is 31.4 Å². The molecule has 3 rings (SSSR count). The fourth-order valence-electron chi connectivity index (χ4n) is 3.82. The van der Waals surface area contributed by atoms with Gasteiger partial charge in [0.2, 0.25) is 11.8 Å². The van der Waals surface area contributed by atoms with Crippen molar-refractivity contribution in [3.05, 3.63) is 29.8 Å². The van der Waals surface area contributed by atoms with E-state index in [-0.39, 0.29) is 17.7 Å². The van der Waals surface area contributed by atoms with Gasteiger partial charge in [0.15, 0.2) is 0 Å². The topological polar surface area (TPSA) is 61.4 Å². The van der Waals surface area contributed by atoms with Crippen molar-refractivity contribution in [3.63, 3.8) is 0 Å². The van der Waals surface area contributed by atoms with Crippen molar-refractivity contribution >= 4 is 17.5 Å². The number of nitrogens with one attached hydrogen (secondary N) is 2. The molecule has 5 heteroatoms. The van der Waals surface area contributed by atoms with Crippen molar-refractivity contribution in [3.8, 4) is 0 Å². The maximum absolute atomic E-state index is 12.2. The van der Waals surface area contributed by atoms with Gasteiger partial charge in [0.1, 0.15) is 0 Å². The maximum atomic E-state index is 12.2. The molecule has 1 saturated heterocycles. The molecule has 25 heavy (non-hydrogen) atoms. The molecule has 2 amide bonds. The highest BCUT2D eigenvalue weighted by molar-refractivity contribution is 5.83. The van der Waals surface area contributed by atoms with Gasteiger partial charge in [-0.3, -0.25) is 9.59 Å². The summed E-state index contributed by atoms with van der Waals surface area (Å²) in [5, 5.41) is 5.75.